The van der Waals surface area contributed by atoms with Gasteiger partial charge in [-0.25, -0.2) is 0 Å². The van der Waals surface area contributed by atoms with Crippen LogP contribution in [0.25, 0.3) is 0 Å². The molecule has 0 saturated carbocycles. The standard InChI is InChI=1S/4C5H8O2.C/c4*1-2-3-4-5(6)7;/h4*2-3H,4H2,1H3,(H,6,7);/q;;;;+4/p-4. The van der Waals surface area contributed by atoms with Crippen LogP contribution in [0.1, 0.15) is 53.4 Å². The molecule has 0 aliphatic heterocycles. The molecular formula is C21H28O8. The molecule has 0 aromatic heterocycles. The molecule has 0 aromatic rings. The minimum Gasteiger partial charge on any atom is -0.550 e. The maximum Gasteiger partial charge on any atom is 4.00 e. The van der Waals surface area contributed by atoms with E-state index in [9.17, 15) is 39.6 Å². The van der Waals surface area contributed by atoms with Gasteiger partial charge in [-0.15, -0.1) is 0 Å². The minimum atomic E-state index is -1.03. The number of carboxylic acid groups (broad SMARTS) is 4. The molecule has 0 heterocycles. The number of carboxylic acids is 4. The maximum absolute atomic E-state index is 9.60. The van der Waals surface area contributed by atoms with E-state index in [-0.39, 0.29) is 33.1 Å². The minimum absolute atomic E-state index is 0. The molecule has 0 rings (SSSR count). The summed E-state index contributed by atoms with van der Waals surface area (Å²) in [5.41, 5.74) is 0. The monoisotopic (exact) mass is 408 g/mol. The van der Waals surface area contributed by atoms with Crippen LogP contribution in [0.4, 0.5) is 0 Å². The molecule has 0 amide bonds. The molecule has 8 heteroatoms. The van der Waals surface area contributed by atoms with Gasteiger partial charge in [-0.2, -0.15) is 0 Å². The van der Waals surface area contributed by atoms with Gasteiger partial charge in [-0.1, -0.05) is 48.6 Å². The fourth-order valence-electron chi connectivity index (χ4n) is 0.856. The summed E-state index contributed by atoms with van der Waals surface area (Å²) in [6.07, 6.45) is 13.0. The van der Waals surface area contributed by atoms with Crippen LogP contribution in [-0.2, 0) is 19.2 Å². The predicted octanol–water partition coefficient (Wildman–Crippen LogP) is -1.11. The third kappa shape index (κ3) is 78.6. The van der Waals surface area contributed by atoms with Gasteiger partial charge >= 0.3 is 7.43 Å². The number of hydrogen-bond donors (Lipinski definition) is 0. The number of hydrogen-bond acceptors (Lipinski definition) is 8. The van der Waals surface area contributed by atoms with E-state index < -0.39 is 23.9 Å². The summed E-state index contributed by atoms with van der Waals surface area (Å²) in [6.45, 7) is 7.07. The first kappa shape index (κ1) is 36.7. The molecular weight excluding hydrogens is 380 g/mol. The zero-order chi connectivity index (χ0) is 22.8. The number of allylic oxidation sites excluding steroid dienone is 4. The van der Waals surface area contributed by atoms with Crippen LogP contribution in [0.5, 0.6) is 0 Å². The van der Waals surface area contributed by atoms with Crippen LogP contribution in [0.15, 0.2) is 48.6 Å². The van der Waals surface area contributed by atoms with Gasteiger partial charge in [0.1, 0.15) is 0 Å². The van der Waals surface area contributed by atoms with Crippen LogP contribution in [0, 0.1) is 7.43 Å². The molecule has 0 atom stereocenters. The van der Waals surface area contributed by atoms with E-state index in [4.69, 9.17) is 0 Å². The Morgan fingerprint density at radius 1 is 0.483 bits per heavy atom. The van der Waals surface area contributed by atoms with Crippen molar-refractivity contribution in [3.05, 3.63) is 56.0 Å². The van der Waals surface area contributed by atoms with Crippen molar-refractivity contribution in [2.45, 2.75) is 53.4 Å². The van der Waals surface area contributed by atoms with E-state index in [1.165, 1.54) is 24.3 Å². The summed E-state index contributed by atoms with van der Waals surface area (Å²) in [4.78, 5) is 38.4. The third-order valence-electron chi connectivity index (χ3n) is 2.08. The number of carbonyl (C=O) groups is 4. The van der Waals surface area contributed by atoms with Gasteiger partial charge in [-0.05, 0) is 27.7 Å². The molecule has 0 unspecified atom stereocenters. The molecule has 29 heavy (non-hydrogen) atoms. The first-order valence-electron chi connectivity index (χ1n) is 8.32. The Labute approximate surface area is 173 Å². The van der Waals surface area contributed by atoms with Crippen LogP contribution < -0.4 is 20.4 Å². The van der Waals surface area contributed by atoms with Crippen LogP contribution in [0.3, 0.4) is 0 Å². The largest absolute Gasteiger partial charge is 4.00 e. The summed E-state index contributed by atoms with van der Waals surface area (Å²) in [5, 5.41) is 38.4. The second-order valence-corrected chi connectivity index (χ2v) is 4.58. The Hall–Kier alpha value is -3.16. The van der Waals surface area contributed by atoms with E-state index >= 15 is 0 Å². The van der Waals surface area contributed by atoms with Crippen molar-refractivity contribution >= 4 is 23.9 Å². The van der Waals surface area contributed by atoms with Gasteiger partial charge in [0, 0.05) is 49.6 Å². The predicted molar refractivity (Wildman–Crippen MR) is 101 cm³/mol. The van der Waals surface area contributed by atoms with Gasteiger partial charge in [0.15, 0.2) is 0 Å². The van der Waals surface area contributed by atoms with Crippen molar-refractivity contribution in [2.75, 3.05) is 0 Å². The molecule has 0 spiro atoms. The summed E-state index contributed by atoms with van der Waals surface area (Å²) in [7, 11) is 0. The Balaban J connectivity index is -0.0000000873. The van der Waals surface area contributed by atoms with Crippen LogP contribution in [-0.4, -0.2) is 23.9 Å². The smallest absolute Gasteiger partial charge is 0.550 e. The average molecular weight is 408 g/mol. The van der Waals surface area contributed by atoms with Crippen molar-refractivity contribution in [2.24, 2.45) is 0 Å². The number of carbonyl (C=O) groups excluding carboxylic acids is 4. The summed E-state index contributed by atoms with van der Waals surface area (Å²) in [6, 6.07) is 0. The molecule has 0 aromatic carbocycles. The van der Waals surface area contributed by atoms with Crippen molar-refractivity contribution in [3.63, 3.8) is 0 Å². The van der Waals surface area contributed by atoms with Crippen molar-refractivity contribution < 1.29 is 39.6 Å². The second kappa shape index (κ2) is 32.5. The van der Waals surface area contributed by atoms with Gasteiger partial charge in [-0.3, -0.25) is 0 Å². The van der Waals surface area contributed by atoms with Gasteiger partial charge in [0.05, 0.1) is 0 Å². The maximum atomic E-state index is 9.60. The van der Waals surface area contributed by atoms with Gasteiger partial charge in [0.25, 0.3) is 0 Å². The molecule has 0 radical (unpaired) electrons. The Morgan fingerprint density at radius 2 is 0.621 bits per heavy atom. The van der Waals surface area contributed by atoms with Crippen LogP contribution >= 0.6 is 0 Å². The Bertz CT molecular complexity index is 433. The summed E-state index contributed by atoms with van der Waals surface area (Å²) < 4.78 is 0. The first-order chi connectivity index (χ1) is 13.1. The quantitative estimate of drug-likeness (QED) is 0.457. The molecule has 0 saturated heterocycles. The van der Waals surface area contributed by atoms with E-state index in [1.807, 2.05) is 0 Å². The molecule has 8 nitrogen and oxygen atoms in total. The summed E-state index contributed by atoms with van der Waals surface area (Å²) in [5.74, 6) is -4.12. The molecule has 0 N–H and O–H groups in total. The fourth-order valence-corrected chi connectivity index (χ4v) is 0.856. The second-order valence-electron chi connectivity index (χ2n) is 4.58. The van der Waals surface area contributed by atoms with E-state index in [1.54, 1.807) is 52.0 Å². The van der Waals surface area contributed by atoms with Gasteiger partial charge in [0.2, 0.25) is 0 Å². The van der Waals surface area contributed by atoms with Crippen molar-refractivity contribution in [3.8, 4) is 0 Å². The third-order valence-corrected chi connectivity index (χ3v) is 2.08. The Kier molecular flexibility index (Phi) is 41.2. The Morgan fingerprint density at radius 3 is 0.655 bits per heavy atom. The van der Waals surface area contributed by atoms with E-state index in [0.717, 1.165) is 0 Å². The number of aliphatic carboxylic acids is 4. The first-order valence-corrected chi connectivity index (χ1v) is 8.32. The molecule has 0 bridgehead atoms. The van der Waals surface area contributed by atoms with Crippen molar-refractivity contribution in [1.29, 1.82) is 0 Å². The average Bonchev–Trinajstić information content (AvgIpc) is 2.62. The molecule has 0 fully saturated rings. The zero-order valence-electron chi connectivity index (χ0n) is 17.2. The SMILES string of the molecule is CC=CCC(=O)[O-].CC=CCC(=O)[O-].CC=CCC(=O)[O-].CC=CCC(=O)[O-].[C+4]. The molecule has 0 aliphatic carbocycles. The normalized spacial score (nSPS) is 9.52. The molecule has 160 valence electrons. The summed E-state index contributed by atoms with van der Waals surface area (Å²) >= 11 is 0. The van der Waals surface area contributed by atoms with E-state index in [0.29, 0.717) is 0 Å². The van der Waals surface area contributed by atoms with Crippen molar-refractivity contribution in [1.82, 2.24) is 0 Å². The molecule has 0 aliphatic rings. The fraction of sp³-hybridized carbons (Fsp3) is 0.381. The zero-order valence-corrected chi connectivity index (χ0v) is 17.2. The van der Waals surface area contributed by atoms with Gasteiger partial charge < -0.3 is 39.6 Å². The topological polar surface area (TPSA) is 161 Å². The number of rotatable bonds is 8. The van der Waals surface area contributed by atoms with E-state index in [2.05, 4.69) is 0 Å². The van der Waals surface area contributed by atoms with Crippen LogP contribution in [0.2, 0.25) is 0 Å².